The molecule has 3 heterocycles. The predicted molar refractivity (Wildman–Crippen MR) is 113 cm³/mol. The van der Waals surface area contributed by atoms with Crippen LogP contribution in [0.5, 0.6) is 0 Å². The SMILES string of the molecule is CCN1C(=O)C2=C(OC)C(O)C(C(=O)NCc3ccc(F)c(C)c3F)=CN2[C@H]2CCOC[C@H]21. The lowest BCUT2D eigenvalue weighted by molar-refractivity contribution is -0.143. The Hall–Kier alpha value is -2.98. The van der Waals surface area contributed by atoms with E-state index in [0.717, 1.165) is 6.07 Å². The molecule has 178 valence electrons. The second-order valence-corrected chi connectivity index (χ2v) is 8.23. The summed E-state index contributed by atoms with van der Waals surface area (Å²) in [7, 11) is 1.33. The highest BCUT2D eigenvalue weighted by atomic mass is 19.1. The van der Waals surface area contributed by atoms with Crippen LogP contribution in [0.4, 0.5) is 8.78 Å². The van der Waals surface area contributed by atoms with E-state index in [-0.39, 0.29) is 52.7 Å². The third-order valence-corrected chi connectivity index (χ3v) is 6.49. The van der Waals surface area contributed by atoms with Crippen molar-refractivity contribution in [1.29, 1.82) is 0 Å². The number of amides is 2. The van der Waals surface area contributed by atoms with Crippen molar-refractivity contribution in [2.75, 3.05) is 26.9 Å². The zero-order valence-electron chi connectivity index (χ0n) is 18.7. The summed E-state index contributed by atoms with van der Waals surface area (Å²) in [6.07, 6.45) is 0.620. The van der Waals surface area contributed by atoms with Crippen molar-refractivity contribution in [3.63, 3.8) is 0 Å². The minimum Gasteiger partial charge on any atom is -0.496 e. The summed E-state index contributed by atoms with van der Waals surface area (Å²) in [5, 5.41) is 13.5. The Morgan fingerprint density at radius 3 is 2.79 bits per heavy atom. The molecule has 0 aliphatic carbocycles. The number of rotatable bonds is 5. The lowest BCUT2D eigenvalue weighted by atomic mass is 9.91. The van der Waals surface area contributed by atoms with Gasteiger partial charge in [0.05, 0.1) is 31.4 Å². The maximum atomic E-state index is 14.3. The minimum absolute atomic E-state index is 0.0140. The first-order valence-electron chi connectivity index (χ1n) is 10.9. The third-order valence-electron chi connectivity index (χ3n) is 6.49. The van der Waals surface area contributed by atoms with E-state index < -0.39 is 23.6 Å². The maximum absolute atomic E-state index is 14.3. The van der Waals surface area contributed by atoms with Crippen LogP contribution in [0.25, 0.3) is 0 Å². The van der Waals surface area contributed by atoms with Gasteiger partial charge in [0.2, 0.25) is 0 Å². The van der Waals surface area contributed by atoms with Gasteiger partial charge in [0.1, 0.15) is 23.4 Å². The Kier molecular flexibility index (Phi) is 6.40. The van der Waals surface area contributed by atoms with E-state index in [1.807, 2.05) is 6.92 Å². The fraction of sp³-hybridized carbons (Fsp3) is 0.478. The Labute approximate surface area is 190 Å². The summed E-state index contributed by atoms with van der Waals surface area (Å²) in [5.41, 5.74) is 0.155. The number of halogens is 2. The molecular weight excluding hydrogens is 436 g/mol. The summed E-state index contributed by atoms with van der Waals surface area (Å²) in [6, 6.07) is 2.04. The average Bonchev–Trinajstić information content (AvgIpc) is 2.82. The van der Waals surface area contributed by atoms with E-state index in [9.17, 15) is 23.5 Å². The van der Waals surface area contributed by atoms with Gasteiger partial charge in [0.15, 0.2) is 5.76 Å². The highest BCUT2D eigenvalue weighted by Crippen LogP contribution is 2.37. The molecule has 10 heteroatoms. The largest absolute Gasteiger partial charge is 0.496 e. The lowest BCUT2D eigenvalue weighted by Crippen LogP contribution is -2.64. The van der Waals surface area contributed by atoms with Crippen molar-refractivity contribution in [2.45, 2.75) is 45.0 Å². The minimum atomic E-state index is -1.47. The zero-order valence-corrected chi connectivity index (χ0v) is 18.7. The number of methoxy groups -OCH3 is 1. The van der Waals surface area contributed by atoms with E-state index in [0.29, 0.717) is 26.2 Å². The van der Waals surface area contributed by atoms with Gasteiger partial charge in [-0.1, -0.05) is 6.07 Å². The van der Waals surface area contributed by atoms with E-state index >= 15 is 0 Å². The Balaban J connectivity index is 1.63. The molecule has 3 aliphatic heterocycles. The number of nitrogens with one attached hydrogen (secondary N) is 1. The first-order chi connectivity index (χ1) is 15.8. The van der Waals surface area contributed by atoms with Gasteiger partial charge in [-0.3, -0.25) is 9.59 Å². The molecule has 2 fully saturated rings. The number of carbonyl (C=O) groups is 2. The summed E-state index contributed by atoms with van der Waals surface area (Å²) in [5.74, 6) is -2.37. The van der Waals surface area contributed by atoms with Gasteiger partial charge >= 0.3 is 0 Å². The first-order valence-corrected chi connectivity index (χ1v) is 10.9. The van der Waals surface area contributed by atoms with Crippen molar-refractivity contribution in [2.24, 2.45) is 0 Å². The molecule has 1 aromatic rings. The molecule has 3 atom stereocenters. The van der Waals surface area contributed by atoms with Gasteiger partial charge in [0.25, 0.3) is 11.8 Å². The Morgan fingerprint density at radius 1 is 1.33 bits per heavy atom. The molecule has 1 unspecified atom stereocenters. The Morgan fingerprint density at radius 2 is 2.09 bits per heavy atom. The highest BCUT2D eigenvalue weighted by molar-refractivity contribution is 5.99. The number of aliphatic hydroxyl groups is 1. The fourth-order valence-corrected chi connectivity index (χ4v) is 4.68. The van der Waals surface area contributed by atoms with Crippen LogP contribution in [0.1, 0.15) is 24.5 Å². The molecule has 2 N–H and O–H groups in total. The van der Waals surface area contributed by atoms with Crippen molar-refractivity contribution in [3.05, 3.63) is 58.1 Å². The number of ether oxygens (including phenoxy) is 2. The third kappa shape index (κ3) is 3.87. The van der Waals surface area contributed by atoms with Gasteiger partial charge < -0.3 is 29.7 Å². The van der Waals surface area contributed by atoms with Gasteiger partial charge in [-0.25, -0.2) is 8.78 Å². The zero-order chi connectivity index (χ0) is 23.9. The van der Waals surface area contributed by atoms with Crippen LogP contribution in [0.3, 0.4) is 0 Å². The molecule has 2 saturated heterocycles. The molecule has 0 spiro atoms. The number of hydrogen-bond donors (Lipinski definition) is 2. The van der Waals surface area contributed by atoms with Gasteiger partial charge in [-0.15, -0.1) is 0 Å². The highest BCUT2D eigenvalue weighted by Gasteiger charge is 2.49. The van der Waals surface area contributed by atoms with Crippen LogP contribution in [0.15, 0.2) is 35.4 Å². The number of nitrogens with zero attached hydrogens (tertiary/aromatic N) is 2. The number of likely N-dealkylation sites (N-methyl/N-ethyl adjacent to an activating group) is 1. The van der Waals surface area contributed by atoms with Crippen LogP contribution >= 0.6 is 0 Å². The normalized spacial score (nSPS) is 24.8. The molecule has 33 heavy (non-hydrogen) atoms. The van der Waals surface area contributed by atoms with E-state index in [1.165, 1.54) is 26.3 Å². The molecule has 1 aromatic carbocycles. The number of fused-ring (bicyclic) bond motifs is 3. The van der Waals surface area contributed by atoms with Crippen molar-refractivity contribution < 1.29 is 33.0 Å². The number of piperazine rings is 1. The van der Waals surface area contributed by atoms with E-state index in [4.69, 9.17) is 9.47 Å². The summed E-state index contributed by atoms with van der Waals surface area (Å²) < 4.78 is 38.8. The second-order valence-electron chi connectivity index (χ2n) is 8.23. The van der Waals surface area contributed by atoms with Crippen LogP contribution in [-0.4, -0.2) is 71.8 Å². The molecule has 0 aromatic heterocycles. The van der Waals surface area contributed by atoms with E-state index in [1.54, 1.807) is 9.80 Å². The monoisotopic (exact) mass is 463 g/mol. The number of hydrogen-bond acceptors (Lipinski definition) is 6. The van der Waals surface area contributed by atoms with Crippen LogP contribution in [-0.2, 0) is 25.6 Å². The molecule has 0 radical (unpaired) electrons. The number of benzene rings is 1. The van der Waals surface area contributed by atoms with Crippen molar-refractivity contribution in [3.8, 4) is 0 Å². The van der Waals surface area contributed by atoms with Crippen molar-refractivity contribution in [1.82, 2.24) is 15.1 Å². The molecule has 0 bridgehead atoms. The first kappa shape index (κ1) is 23.2. The van der Waals surface area contributed by atoms with E-state index in [2.05, 4.69) is 5.32 Å². The summed E-state index contributed by atoms with van der Waals surface area (Å²) in [6.45, 7) is 4.33. The van der Waals surface area contributed by atoms with Crippen LogP contribution in [0, 0.1) is 18.6 Å². The Bertz CT molecular complexity index is 1040. The molecule has 2 amide bonds. The number of carbonyl (C=O) groups excluding carboxylic acids is 2. The standard InChI is InChI=1S/C23H27F2N3O5/c1-4-27-17-11-33-8-7-16(17)28-10-14(20(29)21(32-3)19(28)23(27)31)22(30)26-9-13-5-6-15(24)12(2)18(13)25/h5-6,10,16-17,20,29H,4,7-9,11H2,1-3H3,(H,26,30)/t16-,17+,20?/m0/s1. The topological polar surface area (TPSA) is 91.3 Å². The van der Waals surface area contributed by atoms with Gasteiger partial charge in [-0.05, 0) is 26.3 Å². The van der Waals surface area contributed by atoms with Crippen LogP contribution in [0.2, 0.25) is 0 Å². The van der Waals surface area contributed by atoms with Gasteiger partial charge in [-0.2, -0.15) is 0 Å². The molecule has 0 saturated carbocycles. The second kappa shape index (κ2) is 9.11. The van der Waals surface area contributed by atoms with Crippen molar-refractivity contribution >= 4 is 11.8 Å². The molecule has 8 nitrogen and oxygen atoms in total. The average molecular weight is 463 g/mol. The molecule has 4 rings (SSSR count). The fourth-order valence-electron chi connectivity index (χ4n) is 4.68. The van der Waals surface area contributed by atoms with Gasteiger partial charge in [0, 0.05) is 37.0 Å². The lowest BCUT2D eigenvalue weighted by Gasteiger charge is -2.51. The smallest absolute Gasteiger partial charge is 0.274 e. The number of aliphatic hydroxyl groups excluding tert-OH is 1. The van der Waals surface area contributed by atoms with Crippen LogP contribution < -0.4 is 5.32 Å². The summed E-state index contributed by atoms with van der Waals surface area (Å²) in [4.78, 5) is 29.6. The summed E-state index contributed by atoms with van der Waals surface area (Å²) >= 11 is 0. The quantitative estimate of drug-likeness (QED) is 0.685. The molecule has 3 aliphatic rings. The maximum Gasteiger partial charge on any atom is 0.274 e. The molecular formula is C23H27F2N3O5. The predicted octanol–water partition coefficient (Wildman–Crippen LogP) is 1.33.